The summed E-state index contributed by atoms with van der Waals surface area (Å²) in [5.74, 6) is -0.374. The van der Waals surface area contributed by atoms with Crippen molar-refractivity contribution >= 4 is 23.6 Å². The molecule has 8 nitrogen and oxygen atoms in total. The Morgan fingerprint density at radius 2 is 1.62 bits per heavy atom. The van der Waals surface area contributed by atoms with Gasteiger partial charge in [0, 0.05) is 24.2 Å². The average molecular weight is 431 g/mol. The highest BCUT2D eigenvalue weighted by atomic mass is 16.6. The first-order valence-electron chi connectivity index (χ1n) is 9.70. The van der Waals surface area contributed by atoms with E-state index in [-0.39, 0.29) is 23.5 Å². The lowest BCUT2D eigenvalue weighted by Crippen LogP contribution is -2.34. The van der Waals surface area contributed by atoms with Crippen molar-refractivity contribution in [3.8, 4) is 5.75 Å². The zero-order valence-electron chi connectivity index (χ0n) is 17.3. The smallest absolute Gasteiger partial charge is 0.269 e. The van der Waals surface area contributed by atoms with E-state index in [4.69, 9.17) is 4.74 Å². The van der Waals surface area contributed by atoms with Gasteiger partial charge < -0.3 is 15.4 Å². The first kappa shape index (κ1) is 22.2. The number of amides is 2. The number of nitro benzene ring substituents is 1. The number of carbonyl (C=O) groups excluding carboxylic acids is 2. The van der Waals surface area contributed by atoms with Gasteiger partial charge in [-0.15, -0.1) is 0 Å². The van der Waals surface area contributed by atoms with E-state index in [9.17, 15) is 19.7 Å². The Bertz CT molecular complexity index is 1120. The van der Waals surface area contributed by atoms with Gasteiger partial charge in [0.05, 0.1) is 12.0 Å². The second-order valence-electron chi connectivity index (χ2n) is 6.76. The summed E-state index contributed by atoms with van der Waals surface area (Å²) in [6.45, 7) is 0.285. The number of nitrogens with zero attached hydrogens (tertiary/aromatic N) is 1. The number of hydrogen-bond acceptors (Lipinski definition) is 5. The quantitative estimate of drug-likeness (QED) is 0.321. The largest absolute Gasteiger partial charge is 0.497 e. The van der Waals surface area contributed by atoms with Gasteiger partial charge in [0.1, 0.15) is 11.4 Å². The van der Waals surface area contributed by atoms with E-state index in [1.165, 1.54) is 24.3 Å². The molecule has 0 aliphatic carbocycles. The molecule has 0 aliphatic heterocycles. The fraction of sp³-hybridized carbons (Fsp3) is 0.0833. The SMILES string of the molecule is COc1ccc(/C=C(/NC(=O)c2ccc([N+](=O)[O-])cc2)C(=O)NCc2ccccc2)cc1. The fourth-order valence-electron chi connectivity index (χ4n) is 2.83. The van der Waals surface area contributed by atoms with Gasteiger partial charge >= 0.3 is 0 Å². The number of benzene rings is 3. The van der Waals surface area contributed by atoms with Crippen LogP contribution in [0.5, 0.6) is 5.75 Å². The molecule has 0 spiro atoms. The maximum atomic E-state index is 12.8. The minimum atomic E-state index is -0.561. The Balaban J connectivity index is 1.81. The van der Waals surface area contributed by atoms with Crippen molar-refractivity contribution in [2.24, 2.45) is 0 Å². The van der Waals surface area contributed by atoms with Gasteiger partial charge in [-0.2, -0.15) is 0 Å². The molecule has 3 aromatic carbocycles. The Hall–Kier alpha value is -4.46. The molecule has 3 aromatic rings. The third-order valence-corrected chi connectivity index (χ3v) is 4.56. The van der Waals surface area contributed by atoms with Crippen LogP contribution in [0.25, 0.3) is 6.08 Å². The summed E-state index contributed by atoms with van der Waals surface area (Å²) in [5.41, 5.74) is 1.68. The first-order chi connectivity index (χ1) is 15.5. The second kappa shape index (κ2) is 10.5. The molecule has 0 heterocycles. The molecule has 0 saturated heterocycles. The maximum absolute atomic E-state index is 12.8. The number of nitro groups is 1. The van der Waals surface area contributed by atoms with Gasteiger partial charge in [0.25, 0.3) is 17.5 Å². The van der Waals surface area contributed by atoms with Gasteiger partial charge in [-0.25, -0.2) is 0 Å². The van der Waals surface area contributed by atoms with Crippen LogP contribution in [0.15, 0.2) is 84.6 Å². The van der Waals surface area contributed by atoms with Gasteiger partial charge in [-0.05, 0) is 41.5 Å². The zero-order chi connectivity index (χ0) is 22.9. The number of methoxy groups -OCH3 is 1. The molecular weight excluding hydrogens is 410 g/mol. The summed E-state index contributed by atoms with van der Waals surface area (Å²) >= 11 is 0. The van der Waals surface area contributed by atoms with Crippen molar-refractivity contribution in [3.05, 3.63) is 111 Å². The van der Waals surface area contributed by atoms with Gasteiger partial charge in [0.15, 0.2) is 0 Å². The third-order valence-electron chi connectivity index (χ3n) is 4.56. The molecule has 0 unspecified atom stereocenters. The highest BCUT2D eigenvalue weighted by molar-refractivity contribution is 6.05. The summed E-state index contributed by atoms with van der Waals surface area (Å²) in [5, 5.41) is 16.2. The molecule has 3 rings (SSSR count). The van der Waals surface area contributed by atoms with Crippen molar-refractivity contribution in [3.63, 3.8) is 0 Å². The van der Waals surface area contributed by atoms with E-state index in [0.29, 0.717) is 11.3 Å². The molecule has 2 N–H and O–H groups in total. The normalized spacial score (nSPS) is 10.8. The molecule has 8 heteroatoms. The van der Waals surface area contributed by atoms with Crippen molar-refractivity contribution in [1.29, 1.82) is 0 Å². The summed E-state index contributed by atoms with van der Waals surface area (Å²) in [6.07, 6.45) is 1.54. The molecule has 0 atom stereocenters. The molecule has 2 amide bonds. The molecule has 32 heavy (non-hydrogen) atoms. The lowest BCUT2D eigenvalue weighted by molar-refractivity contribution is -0.384. The second-order valence-corrected chi connectivity index (χ2v) is 6.76. The predicted molar refractivity (Wildman–Crippen MR) is 120 cm³/mol. The van der Waals surface area contributed by atoms with Gasteiger partial charge in [-0.1, -0.05) is 42.5 Å². The third kappa shape index (κ3) is 6.02. The van der Waals surface area contributed by atoms with Crippen LogP contribution in [0, 0.1) is 10.1 Å². The number of nitrogens with one attached hydrogen (secondary N) is 2. The highest BCUT2D eigenvalue weighted by Crippen LogP contribution is 2.15. The molecule has 0 fully saturated rings. The predicted octanol–water partition coefficient (Wildman–Crippen LogP) is 3.69. The van der Waals surface area contributed by atoms with E-state index in [1.807, 2.05) is 30.3 Å². The van der Waals surface area contributed by atoms with Crippen molar-refractivity contribution in [2.75, 3.05) is 7.11 Å². The van der Waals surface area contributed by atoms with Crippen LogP contribution in [-0.4, -0.2) is 23.8 Å². The molecule has 0 bridgehead atoms. The number of hydrogen-bond donors (Lipinski definition) is 2. The van der Waals surface area contributed by atoms with E-state index in [2.05, 4.69) is 10.6 Å². The van der Waals surface area contributed by atoms with E-state index >= 15 is 0 Å². The standard InChI is InChI=1S/C24H21N3O5/c1-32-21-13-7-17(8-14-21)15-22(24(29)25-16-18-5-3-2-4-6-18)26-23(28)19-9-11-20(12-10-19)27(30)31/h2-15H,16H2,1H3,(H,25,29)(H,26,28)/b22-15+. The zero-order valence-corrected chi connectivity index (χ0v) is 17.3. The van der Waals surface area contributed by atoms with Crippen LogP contribution in [0.3, 0.4) is 0 Å². The van der Waals surface area contributed by atoms with Crippen LogP contribution in [0.4, 0.5) is 5.69 Å². The summed E-state index contributed by atoms with van der Waals surface area (Å²) < 4.78 is 5.14. The van der Waals surface area contributed by atoms with Crippen molar-refractivity contribution < 1.29 is 19.2 Å². The Morgan fingerprint density at radius 1 is 0.969 bits per heavy atom. The van der Waals surface area contributed by atoms with Crippen LogP contribution >= 0.6 is 0 Å². The minimum Gasteiger partial charge on any atom is -0.497 e. The van der Waals surface area contributed by atoms with Crippen LogP contribution in [-0.2, 0) is 11.3 Å². The van der Waals surface area contributed by atoms with Crippen LogP contribution < -0.4 is 15.4 Å². The molecule has 0 aliphatic rings. The Morgan fingerprint density at radius 3 is 2.22 bits per heavy atom. The van der Waals surface area contributed by atoms with Crippen LogP contribution in [0.1, 0.15) is 21.5 Å². The topological polar surface area (TPSA) is 111 Å². The lowest BCUT2D eigenvalue weighted by atomic mass is 10.1. The lowest BCUT2D eigenvalue weighted by Gasteiger charge is -2.12. The highest BCUT2D eigenvalue weighted by Gasteiger charge is 2.16. The van der Waals surface area contributed by atoms with Gasteiger partial charge in [0.2, 0.25) is 0 Å². The maximum Gasteiger partial charge on any atom is 0.269 e. The van der Waals surface area contributed by atoms with Crippen molar-refractivity contribution in [2.45, 2.75) is 6.54 Å². The molecule has 162 valence electrons. The average Bonchev–Trinajstić information content (AvgIpc) is 2.83. The molecular formula is C24H21N3O5. The first-order valence-corrected chi connectivity index (χ1v) is 9.70. The monoisotopic (exact) mass is 431 g/mol. The Labute approximate surface area is 184 Å². The summed E-state index contributed by atoms with van der Waals surface area (Å²) in [6, 6.07) is 21.5. The number of rotatable bonds is 8. The Kier molecular flexibility index (Phi) is 7.32. The molecule has 0 aromatic heterocycles. The van der Waals surface area contributed by atoms with Crippen molar-refractivity contribution in [1.82, 2.24) is 10.6 Å². The van der Waals surface area contributed by atoms with E-state index in [0.717, 1.165) is 5.56 Å². The summed E-state index contributed by atoms with van der Waals surface area (Å²) in [7, 11) is 1.55. The van der Waals surface area contributed by atoms with E-state index < -0.39 is 16.7 Å². The molecule has 0 saturated carbocycles. The molecule has 0 radical (unpaired) electrons. The number of non-ortho nitro benzene ring substituents is 1. The van der Waals surface area contributed by atoms with E-state index in [1.54, 1.807) is 37.5 Å². The number of carbonyl (C=O) groups is 2. The van der Waals surface area contributed by atoms with Gasteiger partial charge in [-0.3, -0.25) is 19.7 Å². The summed E-state index contributed by atoms with van der Waals surface area (Å²) in [4.78, 5) is 35.8. The fourth-order valence-corrected chi connectivity index (χ4v) is 2.83. The number of ether oxygens (including phenoxy) is 1. The van der Waals surface area contributed by atoms with Crippen LogP contribution in [0.2, 0.25) is 0 Å². The minimum absolute atomic E-state index is 0.0365.